The Kier molecular flexibility index (Phi) is 5.90. The third-order valence-electron chi connectivity index (χ3n) is 4.22. The van der Waals surface area contributed by atoms with E-state index >= 15 is 0 Å². The second-order valence-electron chi connectivity index (χ2n) is 5.55. The van der Waals surface area contributed by atoms with Crippen molar-refractivity contribution >= 4 is 6.03 Å². The molecular weight excluding hydrogens is 264 g/mol. The summed E-state index contributed by atoms with van der Waals surface area (Å²) in [5.74, 6) is 0.885. The zero-order chi connectivity index (χ0) is 15.1. The van der Waals surface area contributed by atoms with Gasteiger partial charge in [-0.3, -0.25) is 0 Å². The summed E-state index contributed by atoms with van der Waals surface area (Å²) < 4.78 is 5.33. The van der Waals surface area contributed by atoms with E-state index in [0.29, 0.717) is 12.6 Å². The quantitative estimate of drug-likeness (QED) is 0.904. The predicted molar refractivity (Wildman–Crippen MR) is 84.7 cm³/mol. The molecule has 1 aliphatic rings. The lowest BCUT2D eigenvalue weighted by Crippen LogP contribution is -2.48. The molecule has 1 aliphatic heterocycles. The van der Waals surface area contributed by atoms with Gasteiger partial charge >= 0.3 is 6.03 Å². The largest absolute Gasteiger partial charge is 0.496 e. The van der Waals surface area contributed by atoms with Gasteiger partial charge in [-0.2, -0.15) is 0 Å². The zero-order valence-electron chi connectivity index (χ0n) is 13.1. The van der Waals surface area contributed by atoms with E-state index in [1.54, 1.807) is 7.11 Å². The van der Waals surface area contributed by atoms with Gasteiger partial charge in [-0.15, -0.1) is 0 Å². The van der Waals surface area contributed by atoms with E-state index in [0.717, 1.165) is 43.5 Å². The fourth-order valence-electron chi connectivity index (χ4n) is 3.01. The van der Waals surface area contributed by atoms with Crippen LogP contribution in [0.15, 0.2) is 24.3 Å². The smallest absolute Gasteiger partial charge is 0.317 e. The molecule has 1 aromatic carbocycles. The fraction of sp³-hybridized carbons (Fsp3) is 0.588. The van der Waals surface area contributed by atoms with E-state index < -0.39 is 0 Å². The Balaban J connectivity index is 1.83. The number of carbonyl (C=O) groups excluding carboxylic acids is 1. The summed E-state index contributed by atoms with van der Waals surface area (Å²) in [6.45, 7) is 3.69. The van der Waals surface area contributed by atoms with Crippen molar-refractivity contribution in [3.8, 4) is 5.75 Å². The molecule has 1 saturated heterocycles. The summed E-state index contributed by atoms with van der Waals surface area (Å²) in [4.78, 5) is 14.3. The van der Waals surface area contributed by atoms with Gasteiger partial charge in [0.2, 0.25) is 0 Å². The number of piperidine rings is 1. The Bertz CT molecular complexity index is 462. The number of hydrogen-bond donors (Lipinski definition) is 1. The number of hydrogen-bond acceptors (Lipinski definition) is 2. The van der Waals surface area contributed by atoms with E-state index in [4.69, 9.17) is 4.74 Å². The summed E-state index contributed by atoms with van der Waals surface area (Å²) >= 11 is 0. The van der Waals surface area contributed by atoms with Crippen LogP contribution in [0.2, 0.25) is 0 Å². The number of likely N-dealkylation sites (tertiary alicyclic amines) is 1. The van der Waals surface area contributed by atoms with Crippen LogP contribution in [-0.4, -0.2) is 37.2 Å². The van der Waals surface area contributed by atoms with Gasteiger partial charge in [0, 0.05) is 19.1 Å². The van der Waals surface area contributed by atoms with Crippen LogP contribution in [0.3, 0.4) is 0 Å². The number of nitrogens with zero attached hydrogens (tertiary/aromatic N) is 1. The third-order valence-corrected chi connectivity index (χ3v) is 4.22. The topological polar surface area (TPSA) is 41.6 Å². The molecule has 1 fully saturated rings. The summed E-state index contributed by atoms with van der Waals surface area (Å²) in [7, 11) is 1.68. The van der Waals surface area contributed by atoms with E-state index in [9.17, 15) is 4.79 Å². The zero-order valence-corrected chi connectivity index (χ0v) is 13.1. The summed E-state index contributed by atoms with van der Waals surface area (Å²) in [5.41, 5.74) is 1.13. The highest BCUT2D eigenvalue weighted by Gasteiger charge is 2.24. The van der Waals surface area contributed by atoms with Crippen LogP contribution in [0.1, 0.15) is 38.2 Å². The number of ether oxygens (including phenoxy) is 1. The molecule has 0 spiro atoms. The number of para-hydroxylation sites is 1. The van der Waals surface area contributed by atoms with E-state index in [1.807, 2.05) is 29.2 Å². The van der Waals surface area contributed by atoms with Crippen LogP contribution in [0.4, 0.5) is 4.79 Å². The molecule has 4 nitrogen and oxygen atoms in total. The summed E-state index contributed by atoms with van der Waals surface area (Å²) in [6.07, 6.45) is 5.33. The normalized spacial score (nSPS) is 18.4. The van der Waals surface area contributed by atoms with E-state index in [1.165, 1.54) is 6.42 Å². The summed E-state index contributed by atoms with van der Waals surface area (Å²) in [6, 6.07) is 8.44. The third kappa shape index (κ3) is 4.13. The molecular formula is C17H26N2O2. The second-order valence-corrected chi connectivity index (χ2v) is 5.55. The van der Waals surface area contributed by atoms with Crippen LogP contribution >= 0.6 is 0 Å². The molecule has 1 heterocycles. The highest BCUT2D eigenvalue weighted by atomic mass is 16.5. The number of methoxy groups -OCH3 is 1. The second kappa shape index (κ2) is 7.91. The van der Waals surface area contributed by atoms with E-state index in [2.05, 4.69) is 12.2 Å². The van der Waals surface area contributed by atoms with Gasteiger partial charge in [-0.1, -0.05) is 25.1 Å². The van der Waals surface area contributed by atoms with Crippen LogP contribution in [-0.2, 0) is 6.42 Å². The minimum Gasteiger partial charge on any atom is -0.496 e. The van der Waals surface area contributed by atoms with Crippen LogP contribution < -0.4 is 10.1 Å². The number of carbonyl (C=O) groups is 1. The molecule has 116 valence electrons. The molecule has 0 bridgehead atoms. The SMILES string of the molecule is CCC1CCCCN1C(=O)NCCc1ccccc1OC. The Morgan fingerprint density at radius 2 is 2.19 bits per heavy atom. The molecule has 2 rings (SSSR count). The van der Waals surface area contributed by atoms with Crippen molar-refractivity contribution in [1.82, 2.24) is 10.2 Å². The molecule has 0 aliphatic carbocycles. The van der Waals surface area contributed by atoms with Gasteiger partial charge in [0.15, 0.2) is 0 Å². The van der Waals surface area contributed by atoms with Crippen LogP contribution in [0.5, 0.6) is 5.75 Å². The van der Waals surface area contributed by atoms with Crippen molar-refractivity contribution in [1.29, 1.82) is 0 Å². The average molecular weight is 290 g/mol. The maximum Gasteiger partial charge on any atom is 0.317 e. The molecule has 1 unspecified atom stereocenters. The lowest BCUT2D eigenvalue weighted by atomic mass is 10.0. The van der Waals surface area contributed by atoms with Crippen LogP contribution in [0.25, 0.3) is 0 Å². The first kappa shape index (κ1) is 15.7. The van der Waals surface area contributed by atoms with Gasteiger partial charge in [-0.05, 0) is 43.7 Å². The monoisotopic (exact) mass is 290 g/mol. The maximum atomic E-state index is 12.3. The molecule has 0 radical (unpaired) electrons. The lowest BCUT2D eigenvalue weighted by Gasteiger charge is -2.35. The highest BCUT2D eigenvalue weighted by molar-refractivity contribution is 5.74. The maximum absolute atomic E-state index is 12.3. The average Bonchev–Trinajstić information content (AvgIpc) is 2.55. The van der Waals surface area contributed by atoms with Crippen molar-refractivity contribution < 1.29 is 9.53 Å². The molecule has 1 atom stereocenters. The van der Waals surface area contributed by atoms with Crippen molar-refractivity contribution in [3.05, 3.63) is 29.8 Å². The molecule has 4 heteroatoms. The number of rotatable bonds is 5. The predicted octanol–water partition coefficient (Wildman–Crippen LogP) is 3.21. The molecule has 21 heavy (non-hydrogen) atoms. The minimum absolute atomic E-state index is 0.0800. The first-order valence-corrected chi connectivity index (χ1v) is 7.92. The molecule has 2 amide bonds. The minimum atomic E-state index is 0.0800. The number of amides is 2. The van der Waals surface area contributed by atoms with Crippen molar-refractivity contribution in [3.63, 3.8) is 0 Å². The molecule has 0 aromatic heterocycles. The first-order chi connectivity index (χ1) is 10.3. The Morgan fingerprint density at radius 1 is 1.38 bits per heavy atom. The number of nitrogens with one attached hydrogen (secondary N) is 1. The first-order valence-electron chi connectivity index (χ1n) is 7.92. The van der Waals surface area contributed by atoms with Crippen molar-refractivity contribution in [2.45, 2.75) is 45.1 Å². The van der Waals surface area contributed by atoms with Gasteiger partial charge < -0.3 is 15.0 Å². The van der Waals surface area contributed by atoms with Gasteiger partial charge in [0.1, 0.15) is 5.75 Å². The summed E-state index contributed by atoms with van der Waals surface area (Å²) in [5, 5.41) is 3.05. The highest BCUT2D eigenvalue weighted by Crippen LogP contribution is 2.20. The number of benzene rings is 1. The Labute approximate surface area is 127 Å². The van der Waals surface area contributed by atoms with Crippen LogP contribution in [0, 0.1) is 0 Å². The molecule has 1 N–H and O–H groups in total. The standard InChI is InChI=1S/C17H26N2O2/c1-3-15-9-6-7-13-19(15)17(20)18-12-11-14-8-4-5-10-16(14)21-2/h4-5,8,10,15H,3,6-7,9,11-13H2,1-2H3,(H,18,20). The molecule has 0 saturated carbocycles. The Hall–Kier alpha value is -1.71. The fourth-order valence-corrected chi connectivity index (χ4v) is 3.01. The Morgan fingerprint density at radius 3 is 2.95 bits per heavy atom. The van der Waals surface area contributed by atoms with Gasteiger partial charge in [-0.25, -0.2) is 4.79 Å². The number of urea groups is 1. The van der Waals surface area contributed by atoms with Crippen molar-refractivity contribution in [2.75, 3.05) is 20.2 Å². The lowest BCUT2D eigenvalue weighted by molar-refractivity contribution is 0.149. The van der Waals surface area contributed by atoms with Gasteiger partial charge in [0.05, 0.1) is 7.11 Å². The van der Waals surface area contributed by atoms with E-state index in [-0.39, 0.29) is 6.03 Å². The van der Waals surface area contributed by atoms with Gasteiger partial charge in [0.25, 0.3) is 0 Å². The molecule has 1 aromatic rings. The van der Waals surface area contributed by atoms with Crippen molar-refractivity contribution in [2.24, 2.45) is 0 Å².